The molecule has 4 aromatic rings. The first-order chi connectivity index (χ1) is 27.5. The molecule has 4 heterocycles. The van der Waals surface area contributed by atoms with E-state index in [1.807, 2.05) is 12.1 Å². The van der Waals surface area contributed by atoms with E-state index in [2.05, 4.69) is 20.9 Å². The van der Waals surface area contributed by atoms with E-state index in [0.717, 1.165) is 16.0 Å². The molecule has 0 spiro atoms. The number of pyridine rings is 2. The number of amides is 5. The monoisotopic (exact) mass is 781 g/mol. The third-order valence-corrected chi connectivity index (χ3v) is 10.1. The molecule has 1 fully saturated rings. The van der Waals surface area contributed by atoms with E-state index in [1.54, 1.807) is 49.6 Å². The molecule has 2 unspecified atom stereocenters. The molecule has 2 aromatic heterocycles. The van der Waals surface area contributed by atoms with E-state index in [4.69, 9.17) is 14.2 Å². The molecule has 17 heteroatoms. The highest BCUT2D eigenvalue weighted by atomic mass is 16.5. The van der Waals surface area contributed by atoms with Crippen LogP contribution in [0.3, 0.4) is 0 Å². The molecule has 2 aliphatic rings. The number of rotatable bonds is 17. The lowest BCUT2D eigenvalue weighted by atomic mass is 9.99. The molecular weight excluding hydrogens is 738 g/mol. The van der Waals surface area contributed by atoms with Crippen LogP contribution in [0.25, 0.3) is 21.9 Å². The first kappa shape index (κ1) is 40.1. The van der Waals surface area contributed by atoms with Crippen molar-refractivity contribution >= 4 is 52.5 Å². The Morgan fingerprint density at radius 2 is 1.74 bits per heavy atom. The van der Waals surface area contributed by atoms with Gasteiger partial charge in [0.2, 0.25) is 18.0 Å². The van der Waals surface area contributed by atoms with Crippen LogP contribution in [-0.2, 0) is 37.5 Å². The fraction of sp³-hybridized carbons (Fsp3) is 0.350. The predicted octanol–water partition coefficient (Wildman–Crippen LogP) is 2.35. The second-order valence-corrected chi connectivity index (χ2v) is 13.7. The van der Waals surface area contributed by atoms with E-state index >= 15 is 0 Å². The molecule has 17 nitrogen and oxygen atoms in total. The van der Waals surface area contributed by atoms with Gasteiger partial charge >= 0.3 is 0 Å². The first-order valence-corrected chi connectivity index (χ1v) is 18.3. The summed E-state index contributed by atoms with van der Waals surface area (Å²) in [6.07, 6.45) is 5.67. The zero-order chi connectivity index (χ0) is 40.8. The minimum atomic E-state index is -1.27. The molecule has 57 heavy (non-hydrogen) atoms. The summed E-state index contributed by atoms with van der Waals surface area (Å²) in [5, 5.41) is 9.40. The fourth-order valence-corrected chi connectivity index (χ4v) is 7.20. The highest BCUT2D eigenvalue weighted by Crippen LogP contribution is 2.38. The number of aromatic nitrogens is 2. The van der Waals surface area contributed by atoms with Crippen molar-refractivity contribution in [2.24, 2.45) is 7.05 Å². The van der Waals surface area contributed by atoms with Crippen molar-refractivity contribution < 1.29 is 43.0 Å². The van der Waals surface area contributed by atoms with Gasteiger partial charge in [-0.3, -0.25) is 53.7 Å². The van der Waals surface area contributed by atoms with Gasteiger partial charge in [-0.15, -0.1) is 0 Å². The van der Waals surface area contributed by atoms with Crippen molar-refractivity contribution in [2.45, 2.75) is 50.9 Å². The fourth-order valence-electron chi connectivity index (χ4n) is 7.20. The van der Waals surface area contributed by atoms with Crippen LogP contribution in [0, 0.1) is 0 Å². The van der Waals surface area contributed by atoms with Crippen LogP contribution in [0.1, 0.15) is 58.4 Å². The second kappa shape index (κ2) is 17.5. The lowest BCUT2D eigenvalue weighted by Gasteiger charge is -2.27. The number of nitrogens with one attached hydrogen (secondary N) is 3. The number of benzene rings is 2. The molecule has 1 saturated heterocycles. The summed E-state index contributed by atoms with van der Waals surface area (Å²) in [7, 11) is 6.31. The van der Waals surface area contributed by atoms with Gasteiger partial charge in [-0.1, -0.05) is 6.07 Å². The minimum Gasteiger partial charge on any atom is -0.496 e. The molecule has 0 saturated carbocycles. The molecule has 5 amide bonds. The van der Waals surface area contributed by atoms with Gasteiger partial charge in [0.15, 0.2) is 0 Å². The standard InChI is InChI=1S/C40H43N7O10/c1-45-20-27(24-13-16-41-19-26(24)37(45)52)23-17-31(55-3)28(32(18-23)56-4)21-46(2)40(57-22-48)36(51)43-15-7-5-6-14-42-29-10-8-9-25-34(29)39(54)47(38(25)53)30-11-12-33(49)44-35(30)50/h8-10,13,16-20,22,30,40,42H,5-7,11-12,14-15,21H2,1-4H3,(H,43,51)(H,44,49,50). The third-order valence-electron chi connectivity index (χ3n) is 10.1. The molecule has 2 aromatic carbocycles. The zero-order valence-corrected chi connectivity index (χ0v) is 32.0. The summed E-state index contributed by atoms with van der Waals surface area (Å²) in [6.45, 7) is 1.07. The van der Waals surface area contributed by atoms with Crippen LogP contribution in [-0.4, -0.2) is 102 Å². The van der Waals surface area contributed by atoms with Crippen molar-refractivity contribution in [1.29, 1.82) is 0 Å². The Morgan fingerprint density at radius 3 is 2.44 bits per heavy atom. The second-order valence-electron chi connectivity index (χ2n) is 13.7. The summed E-state index contributed by atoms with van der Waals surface area (Å²) < 4.78 is 18.2. The molecular formula is C40H43N7O10. The number of anilines is 1. The van der Waals surface area contributed by atoms with Crippen LogP contribution < -0.4 is 31.0 Å². The highest BCUT2D eigenvalue weighted by Gasteiger charge is 2.45. The molecule has 3 N–H and O–H groups in total. The summed E-state index contributed by atoms with van der Waals surface area (Å²) in [5.74, 6) is -1.89. The molecule has 0 bridgehead atoms. The Kier molecular flexibility index (Phi) is 12.3. The van der Waals surface area contributed by atoms with Gasteiger partial charge in [0, 0.05) is 62.9 Å². The number of aryl methyl sites for hydroxylation is 1. The van der Waals surface area contributed by atoms with Crippen molar-refractivity contribution in [3.8, 4) is 22.6 Å². The average molecular weight is 782 g/mol. The van der Waals surface area contributed by atoms with Crippen LogP contribution in [0.15, 0.2) is 59.8 Å². The lowest BCUT2D eigenvalue weighted by Crippen LogP contribution is -2.54. The van der Waals surface area contributed by atoms with Gasteiger partial charge in [-0.05, 0) is 74.0 Å². The number of imide groups is 2. The zero-order valence-electron chi connectivity index (χ0n) is 32.0. The molecule has 2 aliphatic heterocycles. The predicted molar refractivity (Wildman–Crippen MR) is 206 cm³/mol. The number of carbonyl (C=O) groups is 6. The van der Waals surface area contributed by atoms with Gasteiger partial charge < -0.3 is 29.4 Å². The normalized spacial score (nSPS) is 15.7. The van der Waals surface area contributed by atoms with Gasteiger partial charge in [0.05, 0.1) is 36.3 Å². The van der Waals surface area contributed by atoms with Crippen LogP contribution in [0.5, 0.6) is 11.5 Å². The van der Waals surface area contributed by atoms with Crippen molar-refractivity contribution in [3.63, 3.8) is 0 Å². The topological polar surface area (TPSA) is 208 Å². The number of unbranched alkanes of at least 4 members (excludes halogenated alkanes) is 2. The minimum absolute atomic E-state index is 0.0359. The maximum Gasteiger partial charge on any atom is 0.295 e. The van der Waals surface area contributed by atoms with Crippen molar-refractivity contribution in [1.82, 2.24) is 30.0 Å². The van der Waals surface area contributed by atoms with E-state index in [-0.39, 0.29) is 42.5 Å². The lowest BCUT2D eigenvalue weighted by molar-refractivity contribution is -0.156. The maximum absolute atomic E-state index is 13.3. The largest absolute Gasteiger partial charge is 0.496 e. The number of methoxy groups -OCH3 is 2. The Hall–Kier alpha value is -6.62. The van der Waals surface area contributed by atoms with Crippen molar-refractivity contribution in [2.75, 3.05) is 39.7 Å². The van der Waals surface area contributed by atoms with Crippen LogP contribution in [0.4, 0.5) is 5.69 Å². The SMILES string of the molecule is COc1cc(-c2cn(C)c(=O)c3cnccc23)cc(OC)c1CN(C)C(OC=O)C(=O)NCCCCCNc1cccc2c1C(=O)N(C1CCC(=O)NC1=O)C2=O. The number of hydrogen-bond donors (Lipinski definition) is 3. The Labute approximate surface area is 327 Å². The summed E-state index contributed by atoms with van der Waals surface area (Å²) in [5.41, 5.74) is 2.75. The number of nitrogens with zero attached hydrogens (tertiary/aromatic N) is 4. The maximum atomic E-state index is 13.3. The van der Waals surface area contributed by atoms with Crippen molar-refractivity contribution in [3.05, 3.63) is 82.0 Å². The third kappa shape index (κ3) is 8.18. The Balaban J connectivity index is 1.03. The van der Waals surface area contributed by atoms with E-state index < -0.39 is 41.8 Å². The summed E-state index contributed by atoms with van der Waals surface area (Å²) in [4.78, 5) is 94.6. The molecule has 0 radical (unpaired) electrons. The number of hydrogen-bond acceptors (Lipinski definition) is 13. The molecule has 2 atom stereocenters. The number of fused-ring (bicyclic) bond motifs is 2. The van der Waals surface area contributed by atoms with Gasteiger partial charge in [0.25, 0.3) is 29.8 Å². The van der Waals surface area contributed by atoms with E-state index in [0.29, 0.717) is 65.9 Å². The smallest absolute Gasteiger partial charge is 0.295 e. The van der Waals surface area contributed by atoms with Crippen LogP contribution in [0.2, 0.25) is 0 Å². The Bertz CT molecular complexity index is 2280. The average Bonchev–Trinajstić information content (AvgIpc) is 3.46. The van der Waals surface area contributed by atoms with Gasteiger partial charge in [-0.25, -0.2) is 0 Å². The van der Waals surface area contributed by atoms with Gasteiger partial charge in [-0.2, -0.15) is 0 Å². The number of ether oxygens (including phenoxy) is 3. The number of likely N-dealkylation sites (N-methyl/N-ethyl adjacent to an activating group) is 1. The number of piperidine rings is 1. The summed E-state index contributed by atoms with van der Waals surface area (Å²) in [6, 6.07) is 9.23. The molecule has 298 valence electrons. The van der Waals surface area contributed by atoms with Crippen LogP contribution >= 0.6 is 0 Å². The van der Waals surface area contributed by atoms with E-state index in [1.165, 1.54) is 31.0 Å². The first-order valence-electron chi connectivity index (χ1n) is 18.3. The van der Waals surface area contributed by atoms with E-state index in [9.17, 15) is 33.6 Å². The Morgan fingerprint density at radius 1 is 1.00 bits per heavy atom. The summed E-state index contributed by atoms with van der Waals surface area (Å²) >= 11 is 0. The molecule has 0 aliphatic carbocycles. The molecule has 6 rings (SSSR count). The van der Waals surface area contributed by atoms with Gasteiger partial charge in [0.1, 0.15) is 17.5 Å². The number of carbonyl (C=O) groups excluding carboxylic acids is 6. The highest BCUT2D eigenvalue weighted by molar-refractivity contribution is 6.25. The quantitative estimate of drug-likeness (QED) is 0.0610.